The lowest BCUT2D eigenvalue weighted by Gasteiger charge is -2.24. The van der Waals surface area contributed by atoms with Crippen LogP contribution in [0.1, 0.15) is 27.2 Å². The number of carbonyl (C=O) groups is 1. The molecule has 1 amide bonds. The van der Waals surface area contributed by atoms with Gasteiger partial charge >= 0.3 is 6.09 Å². The summed E-state index contributed by atoms with van der Waals surface area (Å²) in [7, 11) is 0. The van der Waals surface area contributed by atoms with Crippen molar-refractivity contribution in [1.29, 1.82) is 0 Å². The highest BCUT2D eigenvalue weighted by molar-refractivity contribution is 7.13. The monoisotopic (exact) mass is 319 g/mol. The van der Waals surface area contributed by atoms with E-state index in [-0.39, 0.29) is 12.1 Å². The molecule has 2 heterocycles. The number of hydrogen-bond donors (Lipinski definition) is 1. The number of carbonyl (C=O) groups excluding carboxylic acids is 1. The molecule has 5 nitrogen and oxygen atoms in total. The lowest BCUT2D eigenvalue weighted by molar-refractivity contribution is 0.0293. The highest BCUT2D eigenvalue weighted by atomic mass is 32.1. The van der Waals surface area contributed by atoms with Gasteiger partial charge in [0.25, 0.3) is 0 Å². The van der Waals surface area contributed by atoms with E-state index in [4.69, 9.17) is 4.74 Å². The lowest BCUT2D eigenvalue weighted by atomic mass is 10.2. The zero-order valence-corrected chi connectivity index (χ0v) is 13.9. The minimum atomic E-state index is -0.451. The van der Waals surface area contributed by atoms with Crippen LogP contribution in [0.5, 0.6) is 0 Å². The average molecular weight is 319 g/mol. The Morgan fingerprint density at radius 3 is 2.95 bits per heavy atom. The smallest absolute Gasteiger partial charge is 0.410 e. The van der Waals surface area contributed by atoms with Crippen molar-refractivity contribution in [2.45, 2.75) is 38.8 Å². The number of benzene rings is 1. The molecule has 1 unspecified atom stereocenters. The third-order valence-corrected chi connectivity index (χ3v) is 4.38. The number of amides is 1. The second-order valence-corrected chi connectivity index (χ2v) is 7.39. The summed E-state index contributed by atoms with van der Waals surface area (Å²) in [5.74, 6) is 0.914. The summed E-state index contributed by atoms with van der Waals surface area (Å²) in [6.07, 6.45) is 0.672. The molecule has 1 N–H and O–H groups in total. The predicted octanol–water partition coefficient (Wildman–Crippen LogP) is 3.72. The van der Waals surface area contributed by atoms with Crippen molar-refractivity contribution in [3.63, 3.8) is 0 Å². The minimum absolute atomic E-state index is 0.220. The summed E-state index contributed by atoms with van der Waals surface area (Å²) in [6.45, 7) is 7.03. The van der Waals surface area contributed by atoms with Gasteiger partial charge in [-0.3, -0.25) is 0 Å². The largest absolute Gasteiger partial charge is 0.444 e. The van der Waals surface area contributed by atoms with Crippen LogP contribution in [0.25, 0.3) is 10.1 Å². The number of anilines is 1. The molecule has 0 spiro atoms. The fourth-order valence-electron chi connectivity index (χ4n) is 2.55. The SMILES string of the molecule is CC(C)(C)OC(=O)N1CCC(Nc2nsc3ccccc23)C1. The number of fused-ring (bicyclic) bond motifs is 1. The molecule has 0 aliphatic carbocycles. The molecular weight excluding hydrogens is 298 g/mol. The number of hydrogen-bond acceptors (Lipinski definition) is 5. The lowest BCUT2D eigenvalue weighted by Crippen LogP contribution is -2.36. The van der Waals surface area contributed by atoms with E-state index in [2.05, 4.69) is 21.8 Å². The molecule has 2 aromatic rings. The number of nitrogens with zero attached hydrogens (tertiary/aromatic N) is 2. The van der Waals surface area contributed by atoms with Crippen LogP contribution in [0.2, 0.25) is 0 Å². The van der Waals surface area contributed by atoms with Crippen LogP contribution in [-0.2, 0) is 4.74 Å². The third-order valence-electron chi connectivity index (χ3n) is 3.56. The van der Waals surface area contributed by atoms with Gasteiger partial charge in [-0.05, 0) is 50.9 Å². The van der Waals surface area contributed by atoms with Crippen LogP contribution < -0.4 is 5.32 Å². The van der Waals surface area contributed by atoms with Gasteiger partial charge in [0, 0.05) is 24.5 Å². The fraction of sp³-hybridized carbons (Fsp3) is 0.500. The Hall–Kier alpha value is -1.82. The highest BCUT2D eigenvalue weighted by Gasteiger charge is 2.30. The predicted molar refractivity (Wildman–Crippen MR) is 89.5 cm³/mol. The number of rotatable bonds is 2. The van der Waals surface area contributed by atoms with Crippen molar-refractivity contribution < 1.29 is 9.53 Å². The summed E-state index contributed by atoms with van der Waals surface area (Å²) >= 11 is 1.49. The minimum Gasteiger partial charge on any atom is -0.444 e. The van der Waals surface area contributed by atoms with Gasteiger partial charge in [-0.1, -0.05) is 12.1 Å². The molecule has 1 saturated heterocycles. The quantitative estimate of drug-likeness (QED) is 0.916. The van der Waals surface area contributed by atoms with Gasteiger partial charge in [0.05, 0.1) is 4.70 Å². The average Bonchev–Trinajstić information content (AvgIpc) is 3.05. The Morgan fingerprint density at radius 1 is 1.41 bits per heavy atom. The van der Waals surface area contributed by atoms with Crippen LogP contribution in [-0.4, -0.2) is 40.1 Å². The van der Waals surface area contributed by atoms with Crippen molar-refractivity contribution in [2.75, 3.05) is 18.4 Å². The van der Waals surface area contributed by atoms with Gasteiger partial charge in [0.15, 0.2) is 0 Å². The Balaban J connectivity index is 1.63. The topological polar surface area (TPSA) is 54.5 Å². The van der Waals surface area contributed by atoms with Crippen molar-refractivity contribution in [2.24, 2.45) is 0 Å². The van der Waals surface area contributed by atoms with E-state index in [1.165, 1.54) is 16.2 Å². The molecule has 1 aliphatic heterocycles. The van der Waals surface area contributed by atoms with Gasteiger partial charge in [0.1, 0.15) is 11.4 Å². The van der Waals surface area contributed by atoms with E-state index in [0.29, 0.717) is 13.1 Å². The Bertz CT molecular complexity index is 677. The summed E-state index contributed by atoms with van der Waals surface area (Å²) in [4.78, 5) is 13.8. The van der Waals surface area contributed by atoms with E-state index in [1.54, 1.807) is 4.90 Å². The third kappa shape index (κ3) is 3.32. The zero-order valence-electron chi connectivity index (χ0n) is 13.1. The van der Waals surface area contributed by atoms with Crippen molar-refractivity contribution in [3.8, 4) is 0 Å². The number of nitrogens with one attached hydrogen (secondary N) is 1. The van der Waals surface area contributed by atoms with Crippen molar-refractivity contribution in [1.82, 2.24) is 9.27 Å². The molecule has 1 atom stereocenters. The Morgan fingerprint density at radius 2 is 2.18 bits per heavy atom. The molecule has 22 heavy (non-hydrogen) atoms. The van der Waals surface area contributed by atoms with Crippen LogP contribution in [0.15, 0.2) is 24.3 Å². The molecule has 1 fully saturated rings. The summed E-state index contributed by atoms with van der Waals surface area (Å²) in [5.41, 5.74) is -0.451. The zero-order chi connectivity index (χ0) is 15.7. The molecule has 6 heteroatoms. The van der Waals surface area contributed by atoms with E-state index in [1.807, 2.05) is 32.9 Å². The molecule has 0 bridgehead atoms. The maximum atomic E-state index is 12.1. The Labute approximate surface area is 134 Å². The number of aromatic nitrogens is 1. The second kappa shape index (κ2) is 5.76. The highest BCUT2D eigenvalue weighted by Crippen LogP contribution is 2.28. The molecule has 118 valence electrons. The van der Waals surface area contributed by atoms with E-state index >= 15 is 0 Å². The van der Waals surface area contributed by atoms with Crippen LogP contribution in [0.3, 0.4) is 0 Å². The molecular formula is C16H21N3O2S. The standard InChI is InChI=1S/C16H21N3O2S/c1-16(2,3)21-15(20)19-9-8-11(10-19)17-14-12-6-4-5-7-13(12)22-18-14/h4-7,11H,8-10H2,1-3H3,(H,17,18). The van der Waals surface area contributed by atoms with Crippen LogP contribution >= 0.6 is 11.5 Å². The summed E-state index contributed by atoms with van der Waals surface area (Å²) < 4.78 is 11.1. The van der Waals surface area contributed by atoms with Crippen LogP contribution in [0, 0.1) is 0 Å². The second-order valence-electron chi connectivity index (χ2n) is 6.58. The van der Waals surface area contributed by atoms with E-state index < -0.39 is 5.60 Å². The first-order valence-corrected chi connectivity index (χ1v) is 8.28. The molecule has 3 rings (SSSR count). The first-order valence-electron chi connectivity index (χ1n) is 7.51. The van der Waals surface area contributed by atoms with Gasteiger partial charge in [0.2, 0.25) is 0 Å². The summed E-state index contributed by atoms with van der Waals surface area (Å²) in [5, 5.41) is 4.60. The van der Waals surface area contributed by atoms with Gasteiger partial charge in [-0.15, -0.1) is 0 Å². The number of ether oxygens (including phenoxy) is 1. The Kier molecular flexibility index (Phi) is 3.95. The van der Waals surface area contributed by atoms with Gasteiger partial charge < -0.3 is 15.0 Å². The molecule has 1 aromatic heterocycles. The van der Waals surface area contributed by atoms with Crippen LogP contribution in [0.4, 0.5) is 10.6 Å². The normalized spacial score (nSPS) is 18.7. The molecule has 0 saturated carbocycles. The fourth-order valence-corrected chi connectivity index (χ4v) is 3.30. The van der Waals surface area contributed by atoms with Gasteiger partial charge in [-0.2, -0.15) is 4.37 Å². The van der Waals surface area contributed by atoms with Crippen molar-refractivity contribution >= 4 is 33.5 Å². The molecule has 0 radical (unpaired) electrons. The molecule has 1 aliphatic rings. The maximum absolute atomic E-state index is 12.1. The maximum Gasteiger partial charge on any atom is 0.410 e. The van der Waals surface area contributed by atoms with E-state index in [9.17, 15) is 4.79 Å². The summed E-state index contributed by atoms with van der Waals surface area (Å²) in [6, 6.07) is 8.40. The molecule has 1 aromatic carbocycles. The first-order chi connectivity index (χ1) is 10.4. The first kappa shape index (κ1) is 15.1. The van der Waals surface area contributed by atoms with Crippen molar-refractivity contribution in [3.05, 3.63) is 24.3 Å². The number of likely N-dealkylation sites (tertiary alicyclic amines) is 1. The van der Waals surface area contributed by atoms with E-state index in [0.717, 1.165) is 17.6 Å². The van der Waals surface area contributed by atoms with Gasteiger partial charge in [-0.25, -0.2) is 4.79 Å².